The second kappa shape index (κ2) is 6.95. The molecule has 0 saturated heterocycles. The summed E-state index contributed by atoms with van der Waals surface area (Å²) in [5.41, 5.74) is -0.118. The first-order valence-corrected chi connectivity index (χ1v) is 7.10. The standard InChI is InChI=1S/C14H14F4N4S/c1-7(2)20-14(23)21-8-4-19-22(5-8)6-9-10(15)3-11(16)13(18)12(9)17/h3-5,7H,6H2,1-2H3,(H2,20,21,23). The Morgan fingerprint density at radius 3 is 2.57 bits per heavy atom. The van der Waals surface area contributed by atoms with E-state index in [-0.39, 0.29) is 12.6 Å². The lowest BCUT2D eigenvalue weighted by molar-refractivity contribution is 0.420. The predicted molar refractivity (Wildman–Crippen MR) is 82.1 cm³/mol. The number of halogens is 4. The number of nitrogens with zero attached hydrogens (tertiary/aromatic N) is 2. The number of thiocarbonyl (C=S) groups is 1. The maximum absolute atomic E-state index is 13.6. The highest BCUT2D eigenvalue weighted by Crippen LogP contribution is 2.20. The molecule has 23 heavy (non-hydrogen) atoms. The van der Waals surface area contributed by atoms with Crippen molar-refractivity contribution in [2.24, 2.45) is 0 Å². The first-order valence-electron chi connectivity index (χ1n) is 6.69. The quantitative estimate of drug-likeness (QED) is 0.386. The summed E-state index contributed by atoms with van der Waals surface area (Å²) in [6, 6.07) is 0.438. The van der Waals surface area contributed by atoms with E-state index in [0.717, 1.165) is 0 Å². The third-order valence-corrected chi connectivity index (χ3v) is 3.06. The van der Waals surface area contributed by atoms with Crippen molar-refractivity contribution in [1.82, 2.24) is 15.1 Å². The van der Waals surface area contributed by atoms with Crippen LogP contribution in [0, 0.1) is 23.3 Å². The lowest BCUT2D eigenvalue weighted by Crippen LogP contribution is -2.33. The number of hydrogen-bond acceptors (Lipinski definition) is 2. The van der Waals surface area contributed by atoms with E-state index in [4.69, 9.17) is 12.2 Å². The number of aromatic nitrogens is 2. The van der Waals surface area contributed by atoms with Crippen LogP contribution in [-0.2, 0) is 6.54 Å². The van der Waals surface area contributed by atoms with Gasteiger partial charge in [0.05, 0.1) is 18.4 Å². The van der Waals surface area contributed by atoms with Crippen molar-refractivity contribution < 1.29 is 17.6 Å². The summed E-state index contributed by atoms with van der Waals surface area (Å²) < 4.78 is 54.5. The van der Waals surface area contributed by atoms with Crippen molar-refractivity contribution in [2.75, 3.05) is 5.32 Å². The van der Waals surface area contributed by atoms with Crippen LogP contribution in [0.3, 0.4) is 0 Å². The molecule has 1 aromatic heterocycles. The summed E-state index contributed by atoms with van der Waals surface area (Å²) in [6.45, 7) is 3.43. The van der Waals surface area contributed by atoms with Crippen LogP contribution < -0.4 is 10.6 Å². The molecule has 2 rings (SSSR count). The Morgan fingerprint density at radius 2 is 1.91 bits per heavy atom. The Kier molecular flexibility index (Phi) is 5.19. The van der Waals surface area contributed by atoms with Crippen molar-refractivity contribution in [2.45, 2.75) is 26.4 Å². The summed E-state index contributed by atoms with van der Waals surface area (Å²) in [6.07, 6.45) is 2.83. The maximum atomic E-state index is 13.6. The molecule has 0 bridgehead atoms. The van der Waals surface area contributed by atoms with Crippen LogP contribution in [0.2, 0.25) is 0 Å². The minimum Gasteiger partial charge on any atom is -0.360 e. The number of nitrogens with one attached hydrogen (secondary N) is 2. The molecule has 0 aliphatic heterocycles. The van der Waals surface area contributed by atoms with E-state index in [9.17, 15) is 17.6 Å². The molecular formula is C14H14F4N4S. The van der Waals surface area contributed by atoms with Crippen LogP contribution in [0.1, 0.15) is 19.4 Å². The van der Waals surface area contributed by atoms with Gasteiger partial charge in [-0.2, -0.15) is 5.10 Å². The Bertz CT molecular complexity index is 730. The number of anilines is 1. The van der Waals surface area contributed by atoms with E-state index in [1.54, 1.807) is 0 Å². The highest BCUT2D eigenvalue weighted by Gasteiger charge is 2.19. The van der Waals surface area contributed by atoms with Crippen LogP contribution in [0.15, 0.2) is 18.5 Å². The highest BCUT2D eigenvalue weighted by molar-refractivity contribution is 7.80. The van der Waals surface area contributed by atoms with Gasteiger partial charge in [0, 0.05) is 23.9 Å². The van der Waals surface area contributed by atoms with Crippen LogP contribution >= 0.6 is 12.2 Å². The van der Waals surface area contributed by atoms with Gasteiger partial charge in [-0.3, -0.25) is 4.68 Å². The molecule has 2 aromatic rings. The van der Waals surface area contributed by atoms with E-state index in [1.807, 2.05) is 13.8 Å². The first-order chi connectivity index (χ1) is 10.8. The van der Waals surface area contributed by atoms with Gasteiger partial charge in [0.15, 0.2) is 22.6 Å². The molecule has 124 valence electrons. The summed E-state index contributed by atoms with van der Waals surface area (Å²) in [4.78, 5) is 0. The van der Waals surface area contributed by atoms with Gasteiger partial charge < -0.3 is 10.6 Å². The molecule has 0 saturated carbocycles. The van der Waals surface area contributed by atoms with Crippen molar-refractivity contribution in [1.29, 1.82) is 0 Å². The second-order valence-electron chi connectivity index (χ2n) is 5.13. The normalized spacial score (nSPS) is 10.9. The largest absolute Gasteiger partial charge is 0.360 e. The van der Waals surface area contributed by atoms with Gasteiger partial charge in [-0.1, -0.05) is 0 Å². The number of benzene rings is 1. The lowest BCUT2D eigenvalue weighted by atomic mass is 10.2. The van der Waals surface area contributed by atoms with Crippen molar-refractivity contribution in [3.8, 4) is 0 Å². The van der Waals surface area contributed by atoms with E-state index >= 15 is 0 Å². The van der Waals surface area contributed by atoms with E-state index in [2.05, 4.69) is 15.7 Å². The van der Waals surface area contributed by atoms with Gasteiger partial charge in [0.25, 0.3) is 0 Å². The van der Waals surface area contributed by atoms with Gasteiger partial charge in [0.1, 0.15) is 5.82 Å². The molecule has 0 aliphatic rings. The lowest BCUT2D eigenvalue weighted by Gasteiger charge is -2.11. The van der Waals surface area contributed by atoms with Gasteiger partial charge in [-0.05, 0) is 26.1 Å². The first kappa shape index (κ1) is 17.2. The molecule has 2 N–H and O–H groups in total. The summed E-state index contributed by atoms with van der Waals surface area (Å²) >= 11 is 5.05. The Balaban J connectivity index is 2.14. The second-order valence-corrected chi connectivity index (χ2v) is 5.53. The van der Waals surface area contributed by atoms with E-state index in [0.29, 0.717) is 16.9 Å². The summed E-state index contributed by atoms with van der Waals surface area (Å²) in [5.74, 6) is -6.03. The summed E-state index contributed by atoms with van der Waals surface area (Å²) in [7, 11) is 0. The number of rotatable bonds is 4. The molecule has 0 fully saturated rings. The van der Waals surface area contributed by atoms with Crippen LogP contribution in [0.4, 0.5) is 23.2 Å². The molecule has 0 unspecified atom stereocenters. The Morgan fingerprint density at radius 1 is 1.22 bits per heavy atom. The number of hydrogen-bond donors (Lipinski definition) is 2. The molecule has 4 nitrogen and oxygen atoms in total. The third kappa shape index (κ3) is 4.19. The fourth-order valence-corrected chi connectivity index (χ4v) is 2.21. The SMILES string of the molecule is CC(C)NC(=S)Nc1cnn(Cc2c(F)cc(F)c(F)c2F)c1. The molecule has 0 spiro atoms. The molecule has 0 radical (unpaired) electrons. The van der Waals surface area contributed by atoms with E-state index < -0.39 is 28.8 Å². The van der Waals surface area contributed by atoms with Crippen molar-refractivity contribution in [3.63, 3.8) is 0 Å². The van der Waals surface area contributed by atoms with Crippen LogP contribution in [-0.4, -0.2) is 20.9 Å². The monoisotopic (exact) mass is 346 g/mol. The fourth-order valence-electron chi connectivity index (χ4n) is 1.85. The fraction of sp³-hybridized carbons (Fsp3) is 0.286. The molecule has 0 atom stereocenters. The molecule has 0 aliphatic carbocycles. The minimum absolute atomic E-state index is 0.135. The molecule has 9 heteroatoms. The molecule has 1 heterocycles. The Labute approximate surface area is 135 Å². The van der Waals surface area contributed by atoms with Crippen molar-refractivity contribution >= 4 is 23.0 Å². The Hall–Kier alpha value is -2.16. The van der Waals surface area contributed by atoms with Gasteiger partial charge in [0.2, 0.25) is 0 Å². The molecular weight excluding hydrogens is 332 g/mol. The van der Waals surface area contributed by atoms with Crippen molar-refractivity contribution in [3.05, 3.63) is 47.3 Å². The smallest absolute Gasteiger partial charge is 0.194 e. The van der Waals surface area contributed by atoms with Crippen LogP contribution in [0.5, 0.6) is 0 Å². The van der Waals surface area contributed by atoms with E-state index in [1.165, 1.54) is 17.1 Å². The highest BCUT2D eigenvalue weighted by atomic mass is 32.1. The molecule has 0 amide bonds. The minimum atomic E-state index is -1.71. The average molecular weight is 346 g/mol. The van der Waals surface area contributed by atoms with Gasteiger partial charge in [-0.15, -0.1) is 0 Å². The van der Waals surface area contributed by atoms with Crippen LogP contribution in [0.25, 0.3) is 0 Å². The maximum Gasteiger partial charge on any atom is 0.194 e. The predicted octanol–water partition coefficient (Wildman–Crippen LogP) is 3.18. The van der Waals surface area contributed by atoms with Gasteiger partial charge in [-0.25, -0.2) is 17.6 Å². The molecule has 1 aromatic carbocycles. The van der Waals surface area contributed by atoms with Gasteiger partial charge >= 0.3 is 0 Å². The zero-order valence-corrected chi connectivity index (χ0v) is 13.1. The zero-order chi connectivity index (χ0) is 17.1. The topological polar surface area (TPSA) is 41.9 Å². The zero-order valence-electron chi connectivity index (χ0n) is 12.3. The summed E-state index contributed by atoms with van der Waals surface area (Å²) in [5, 5.41) is 10.1. The average Bonchev–Trinajstić information content (AvgIpc) is 2.87. The third-order valence-electron chi connectivity index (χ3n) is 2.84.